The molecule has 100 valence electrons. The molecule has 0 amide bonds. The van der Waals surface area contributed by atoms with Crippen molar-refractivity contribution in [2.75, 3.05) is 6.61 Å². The van der Waals surface area contributed by atoms with Gasteiger partial charge < -0.3 is 9.84 Å². The highest BCUT2D eigenvalue weighted by Gasteiger charge is 2.15. The molecule has 0 heterocycles. The molecule has 3 nitrogen and oxygen atoms in total. The number of esters is 1. The van der Waals surface area contributed by atoms with Crippen LogP contribution in [-0.4, -0.2) is 17.7 Å². The van der Waals surface area contributed by atoms with E-state index in [0.29, 0.717) is 13.0 Å². The molecule has 1 aromatic rings. The molecule has 0 bridgehead atoms. The van der Waals surface area contributed by atoms with E-state index in [0.717, 1.165) is 18.2 Å². The Morgan fingerprint density at radius 1 is 1.44 bits per heavy atom. The van der Waals surface area contributed by atoms with E-state index in [9.17, 15) is 18.7 Å². The van der Waals surface area contributed by atoms with Gasteiger partial charge in [-0.2, -0.15) is 0 Å². The van der Waals surface area contributed by atoms with Crippen LogP contribution in [0.25, 0.3) is 0 Å². The van der Waals surface area contributed by atoms with Gasteiger partial charge in [-0.15, -0.1) is 0 Å². The van der Waals surface area contributed by atoms with Crippen LogP contribution in [0.15, 0.2) is 18.2 Å². The minimum atomic E-state index is -1.21. The topological polar surface area (TPSA) is 46.5 Å². The summed E-state index contributed by atoms with van der Waals surface area (Å²) < 4.78 is 31.0. The van der Waals surface area contributed by atoms with Gasteiger partial charge in [-0.25, -0.2) is 8.78 Å². The third-order valence-electron chi connectivity index (χ3n) is 2.41. The Balaban J connectivity index is 2.52. The number of hydrogen-bond acceptors (Lipinski definition) is 3. The zero-order chi connectivity index (χ0) is 13.5. The predicted molar refractivity (Wildman–Crippen MR) is 61.8 cm³/mol. The third-order valence-corrected chi connectivity index (χ3v) is 2.41. The number of ether oxygens (including phenoxy) is 1. The van der Waals surface area contributed by atoms with Gasteiger partial charge in [0, 0.05) is 12.0 Å². The van der Waals surface area contributed by atoms with Gasteiger partial charge in [-0.3, -0.25) is 4.79 Å². The van der Waals surface area contributed by atoms with Crippen molar-refractivity contribution >= 4 is 5.97 Å². The van der Waals surface area contributed by atoms with Crippen molar-refractivity contribution in [2.45, 2.75) is 32.3 Å². The number of aliphatic hydroxyl groups is 1. The van der Waals surface area contributed by atoms with Crippen molar-refractivity contribution in [3.8, 4) is 0 Å². The molecule has 0 aliphatic carbocycles. The molecule has 0 aromatic heterocycles. The zero-order valence-corrected chi connectivity index (χ0v) is 10.2. The molecule has 0 saturated heterocycles. The van der Waals surface area contributed by atoms with E-state index < -0.39 is 23.7 Å². The Morgan fingerprint density at radius 2 is 2.17 bits per heavy atom. The standard InChI is InChI=1S/C13H16F2O3/c1-2-7-18-13(17)6-5-12(16)10-8-9(14)3-4-11(10)15/h3-4,8,12,16H,2,5-7H2,1H3. The SMILES string of the molecule is CCCOC(=O)CCC(O)c1cc(F)ccc1F. The first-order valence-corrected chi connectivity index (χ1v) is 5.83. The van der Waals surface area contributed by atoms with Crippen molar-refractivity contribution in [1.82, 2.24) is 0 Å². The molecular weight excluding hydrogens is 242 g/mol. The summed E-state index contributed by atoms with van der Waals surface area (Å²) in [6, 6.07) is 2.85. The first-order chi connectivity index (χ1) is 8.54. The van der Waals surface area contributed by atoms with E-state index in [4.69, 9.17) is 4.74 Å². The van der Waals surface area contributed by atoms with Gasteiger partial charge in [-0.1, -0.05) is 6.92 Å². The van der Waals surface area contributed by atoms with E-state index in [1.807, 2.05) is 6.92 Å². The van der Waals surface area contributed by atoms with Crippen LogP contribution in [0, 0.1) is 11.6 Å². The fraction of sp³-hybridized carbons (Fsp3) is 0.462. The van der Waals surface area contributed by atoms with Crippen LogP contribution in [0.4, 0.5) is 8.78 Å². The quantitative estimate of drug-likeness (QED) is 0.798. The molecule has 0 spiro atoms. The first-order valence-electron chi connectivity index (χ1n) is 5.83. The average Bonchev–Trinajstić information content (AvgIpc) is 2.36. The van der Waals surface area contributed by atoms with Gasteiger partial charge in [0.1, 0.15) is 11.6 Å². The summed E-state index contributed by atoms with van der Waals surface area (Å²) in [6.45, 7) is 2.19. The van der Waals surface area contributed by atoms with Gasteiger partial charge in [0.25, 0.3) is 0 Å². The molecule has 1 N–H and O–H groups in total. The van der Waals surface area contributed by atoms with Crippen molar-refractivity contribution < 1.29 is 23.4 Å². The molecule has 1 unspecified atom stereocenters. The normalized spacial score (nSPS) is 12.2. The van der Waals surface area contributed by atoms with Crippen molar-refractivity contribution in [3.05, 3.63) is 35.4 Å². The molecular formula is C13H16F2O3. The molecule has 0 saturated carbocycles. The van der Waals surface area contributed by atoms with Gasteiger partial charge in [0.05, 0.1) is 12.7 Å². The van der Waals surface area contributed by atoms with E-state index in [1.54, 1.807) is 0 Å². The van der Waals surface area contributed by atoms with Crippen LogP contribution >= 0.6 is 0 Å². The maximum Gasteiger partial charge on any atom is 0.305 e. The highest BCUT2D eigenvalue weighted by atomic mass is 19.1. The molecule has 1 atom stereocenters. The van der Waals surface area contributed by atoms with Gasteiger partial charge in [-0.05, 0) is 31.0 Å². The van der Waals surface area contributed by atoms with Crippen LogP contribution in [0.5, 0.6) is 0 Å². The highest BCUT2D eigenvalue weighted by Crippen LogP contribution is 2.22. The second kappa shape index (κ2) is 7.06. The van der Waals surface area contributed by atoms with E-state index in [2.05, 4.69) is 0 Å². The number of carbonyl (C=O) groups is 1. The Hall–Kier alpha value is -1.49. The van der Waals surface area contributed by atoms with Crippen LogP contribution in [0.2, 0.25) is 0 Å². The number of aliphatic hydroxyl groups excluding tert-OH is 1. The molecule has 0 aliphatic heterocycles. The van der Waals surface area contributed by atoms with Crippen LogP contribution in [0.3, 0.4) is 0 Å². The number of benzene rings is 1. The predicted octanol–water partition coefficient (Wildman–Crippen LogP) is 2.73. The van der Waals surface area contributed by atoms with Gasteiger partial charge >= 0.3 is 5.97 Å². The zero-order valence-electron chi connectivity index (χ0n) is 10.2. The highest BCUT2D eigenvalue weighted by molar-refractivity contribution is 5.69. The second-order valence-electron chi connectivity index (χ2n) is 3.94. The van der Waals surface area contributed by atoms with Gasteiger partial charge in [0.2, 0.25) is 0 Å². The Labute approximate surface area is 104 Å². The van der Waals surface area contributed by atoms with Crippen molar-refractivity contribution in [1.29, 1.82) is 0 Å². The van der Waals surface area contributed by atoms with Crippen LogP contribution < -0.4 is 0 Å². The maximum atomic E-state index is 13.3. The monoisotopic (exact) mass is 258 g/mol. The lowest BCUT2D eigenvalue weighted by molar-refractivity contribution is -0.144. The summed E-state index contributed by atoms with van der Waals surface area (Å²) in [7, 11) is 0. The summed E-state index contributed by atoms with van der Waals surface area (Å²) in [5.74, 6) is -1.77. The Morgan fingerprint density at radius 3 is 2.83 bits per heavy atom. The third kappa shape index (κ3) is 4.41. The summed E-state index contributed by atoms with van der Waals surface area (Å²) >= 11 is 0. The lowest BCUT2D eigenvalue weighted by Crippen LogP contribution is -2.09. The van der Waals surface area contributed by atoms with E-state index >= 15 is 0 Å². The van der Waals surface area contributed by atoms with E-state index in [-0.39, 0.29) is 18.4 Å². The molecule has 5 heteroatoms. The van der Waals surface area contributed by atoms with Crippen molar-refractivity contribution in [3.63, 3.8) is 0 Å². The minimum absolute atomic E-state index is 0.00290. The van der Waals surface area contributed by atoms with Crippen molar-refractivity contribution in [2.24, 2.45) is 0 Å². The molecule has 0 fully saturated rings. The lowest BCUT2D eigenvalue weighted by atomic mass is 10.0. The van der Waals surface area contributed by atoms with Crippen LogP contribution in [0.1, 0.15) is 37.9 Å². The Bertz CT molecular complexity index is 407. The fourth-order valence-electron chi connectivity index (χ4n) is 1.47. The minimum Gasteiger partial charge on any atom is -0.466 e. The van der Waals surface area contributed by atoms with Crippen LogP contribution in [-0.2, 0) is 9.53 Å². The summed E-state index contributed by atoms with van der Waals surface area (Å²) in [6.07, 6.45) is -0.526. The molecule has 0 aliphatic rings. The lowest BCUT2D eigenvalue weighted by Gasteiger charge is -2.11. The Kier molecular flexibility index (Phi) is 5.71. The molecule has 0 radical (unpaired) electrons. The number of rotatable bonds is 6. The molecule has 18 heavy (non-hydrogen) atoms. The molecule has 1 aromatic carbocycles. The molecule has 1 rings (SSSR count). The average molecular weight is 258 g/mol. The first kappa shape index (κ1) is 14.6. The van der Waals surface area contributed by atoms with E-state index in [1.165, 1.54) is 0 Å². The largest absolute Gasteiger partial charge is 0.466 e. The number of halogens is 2. The second-order valence-corrected chi connectivity index (χ2v) is 3.94. The summed E-state index contributed by atoms with van der Waals surface area (Å²) in [4.78, 5) is 11.2. The summed E-state index contributed by atoms with van der Waals surface area (Å²) in [5, 5.41) is 9.69. The summed E-state index contributed by atoms with van der Waals surface area (Å²) in [5.41, 5.74) is -0.140. The van der Waals surface area contributed by atoms with Gasteiger partial charge in [0.15, 0.2) is 0 Å². The number of carbonyl (C=O) groups excluding carboxylic acids is 1. The number of hydrogen-bond donors (Lipinski definition) is 1. The maximum absolute atomic E-state index is 13.3. The smallest absolute Gasteiger partial charge is 0.305 e. The fourth-order valence-corrected chi connectivity index (χ4v) is 1.47.